The number of likely N-dealkylation sites (tertiary alicyclic amines) is 1. The second-order valence-corrected chi connectivity index (χ2v) is 10.7. The lowest BCUT2D eigenvalue weighted by Gasteiger charge is -2.50. The second-order valence-electron chi connectivity index (χ2n) is 10.7. The van der Waals surface area contributed by atoms with Gasteiger partial charge in [0, 0.05) is 37.4 Å². The molecule has 0 atom stereocenters. The number of aromatic nitrogens is 1. The van der Waals surface area contributed by atoms with Crippen LogP contribution < -0.4 is 4.74 Å². The molecule has 2 aliphatic rings. The zero-order valence-electron chi connectivity index (χ0n) is 20.6. The van der Waals surface area contributed by atoms with Crippen molar-refractivity contribution in [3.05, 3.63) is 53.3 Å². The number of Topliss-reactive ketones (excluding diaryl/α,β-unsaturated/α-hetero) is 1. The third-order valence-electron chi connectivity index (χ3n) is 6.99. The number of nitrogens with zero attached hydrogens (tertiary/aromatic N) is 3. The van der Waals surface area contributed by atoms with E-state index < -0.39 is 17.5 Å². The van der Waals surface area contributed by atoms with Crippen LogP contribution in [0, 0.1) is 5.41 Å². The fraction of sp³-hybridized carbons (Fsp3) is 0.538. The minimum atomic E-state index is -4.91. The molecule has 1 aromatic carbocycles. The molecule has 0 unspecified atom stereocenters. The highest BCUT2D eigenvalue weighted by Crippen LogP contribution is 2.42. The van der Waals surface area contributed by atoms with Gasteiger partial charge >= 0.3 is 6.18 Å². The fourth-order valence-corrected chi connectivity index (χ4v) is 5.01. The van der Waals surface area contributed by atoms with Crippen LogP contribution in [0.5, 0.6) is 5.75 Å². The van der Waals surface area contributed by atoms with Gasteiger partial charge in [-0.25, -0.2) is 0 Å². The van der Waals surface area contributed by atoms with Gasteiger partial charge in [0.05, 0.1) is 17.8 Å². The number of hydrogen-bond donors (Lipinski definition) is 0. The number of ether oxygens (including phenoxy) is 1. The molecule has 190 valence electrons. The number of amides is 1. The molecule has 1 amide bonds. The number of carbonyl (C=O) groups is 2. The van der Waals surface area contributed by atoms with E-state index in [9.17, 15) is 22.8 Å². The van der Waals surface area contributed by atoms with Crippen molar-refractivity contribution in [1.29, 1.82) is 0 Å². The fourth-order valence-electron chi connectivity index (χ4n) is 5.01. The van der Waals surface area contributed by atoms with E-state index in [0.29, 0.717) is 62.6 Å². The minimum Gasteiger partial charge on any atom is -0.493 e. The van der Waals surface area contributed by atoms with Gasteiger partial charge in [-0.3, -0.25) is 14.5 Å². The highest BCUT2D eigenvalue weighted by atomic mass is 19.4. The lowest BCUT2D eigenvalue weighted by Crippen LogP contribution is -2.56. The van der Waals surface area contributed by atoms with Crippen molar-refractivity contribution < 1.29 is 27.5 Å². The summed E-state index contributed by atoms with van der Waals surface area (Å²) in [5.74, 6) is -1.18. The van der Waals surface area contributed by atoms with Crippen LogP contribution >= 0.6 is 0 Å². The molecule has 2 aliphatic heterocycles. The average molecular weight is 492 g/mol. The van der Waals surface area contributed by atoms with Gasteiger partial charge in [0.15, 0.2) is 0 Å². The summed E-state index contributed by atoms with van der Waals surface area (Å²) in [6.07, 6.45) is -3.76. The second kappa shape index (κ2) is 9.00. The average Bonchev–Trinajstić information content (AvgIpc) is 3.24. The number of benzene rings is 1. The van der Waals surface area contributed by atoms with E-state index >= 15 is 0 Å². The van der Waals surface area contributed by atoms with E-state index in [2.05, 4.69) is 25.7 Å². The molecule has 0 radical (unpaired) electrons. The van der Waals surface area contributed by atoms with Gasteiger partial charge in [-0.1, -0.05) is 20.8 Å². The Balaban J connectivity index is 1.47. The first-order valence-electron chi connectivity index (χ1n) is 11.9. The van der Waals surface area contributed by atoms with E-state index in [1.54, 1.807) is 35.2 Å². The lowest BCUT2D eigenvalue weighted by molar-refractivity contribution is -0.0892. The first-order valence-corrected chi connectivity index (χ1v) is 11.9. The van der Waals surface area contributed by atoms with Crippen LogP contribution in [0.2, 0.25) is 0 Å². The standard InChI is InChI=1S/C26H32F3N3O3/c1-24(2,3)17-35-19-7-5-18(6-8-19)23(34)31-13-11-25(12-14-31)21-10-9-20(22(33)26(27,28)29)32(21)16-15-30(25)4/h5-10H,11-17H2,1-4H3. The van der Waals surface area contributed by atoms with Gasteiger partial charge < -0.3 is 14.2 Å². The third kappa shape index (κ3) is 4.96. The van der Waals surface area contributed by atoms with Crippen LogP contribution in [0.25, 0.3) is 0 Å². The Kier molecular flexibility index (Phi) is 6.51. The molecular weight excluding hydrogens is 459 g/mol. The smallest absolute Gasteiger partial charge is 0.456 e. The Bertz CT molecular complexity index is 1090. The van der Waals surface area contributed by atoms with Crippen molar-refractivity contribution in [2.45, 2.75) is 51.9 Å². The molecule has 3 heterocycles. The van der Waals surface area contributed by atoms with Crippen molar-refractivity contribution in [1.82, 2.24) is 14.4 Å². The van der Waals surface area contributed by atoms with Crippen molar-refractivity contribution in [3.63, 3.8) is 0 Å². The Labute approximate surface area is 203 Å². The van der Waals surface area contributed by atoms with Crippen LogP contribution in [0.15, 0.2) is 36.4 Å². The summed E-state index contributed by atoms with van der Waals surface area (Å²) < 4.78 is 46.6. The third-order valence-corrected chi connectivity index (χ3v) is 6.99. The van der Waals surface area contributed by atoms with Crippen LogP contribution in [-0.4, -0.2) is 65.5 Å². The van der Waals surface area contributed by atoms with Crippen LogP contribution in [0.1, 0.15) is 60.2 Å². The number of ketones is 1. The Morgan fingerprint density at radius 1 is 0.943 bits per heavy atom. The zero-order chi connectivity index (χ0) is 25.6. The lowest BCUT2D eigenvalue weighted by atomic mass is 9.81. The van der Waals surface area contributed by atoms with Gasteiger partial charge in [0.2, 0.25) is 0 Å². The zero-order valence-corrected chi connectivity index (χ0v) is 20.6. The number of fused-ring (bicyclic) bond motifs is 2. The maximum Gasteiger partial charge on any atom is 0.456 e. The molecule has 0 bridgehead atoms. The largest absolute Gasteiger partial charge is 0.493 e. The summed E-state index contributed by atoms with van der Waals surface area (Å²) in [5.41, 5.74) is 0.496. The summed E-state index contributed by atoms with van der Waals surface area (Å²) in [6, 6.07) is 10.0. The van der Waals surface area contributed by atoms with Gasteiger partial charge in [-0.15, -0.1) is 0 Å². The van der Waals surface area contributed by atoms with Gasteiger partial charge in [0.25, 0.3) is 11.7 Å². The number of alkyl halides is 3. The van der Waals surface area contributed by atoms with Crippen LogP contribution in [0.4, 0.5) is 13.2 Å². The van der Waals surface area contributed by atoms with Crippen molar-refractivity contribution in [2.75, 3.05) is 33.3 Å². The quantitative estimate of drug-likeness (QED) is 0.580. The number of rotatable bonds is 4. The predicted molar refractivity (Wildman–Crippen MR) is 126 cm³/mol. The molecule has 0 aliphatic carbocycles. The Morgan fingerprint density at radius 2 is 1.57 bits per heavy atom. The summed E-state index contributed by atoms with van der Waals surface area (Å²) in [7, 11) is 1.95. The number of carbonyl (C=O) groups excluding carboxylic acids is 2. The Morgan fingerprint density at radius 3 is 2.14 bits per heavy atom. The molecular formula is C26H32F3N3O3. The molecule has 1 aromatic heterocycles. The number of hydrogen-bond acceptors (Lipinski definition) is 4. The summed E-state index contributed by atoms with van der Waals surface area (Å²) in [5, 5.41) is 0. The first kappa shape index (κ1) is 25.3. The summed E-state index contributed by atoms with van der Waals surface area (Å²) in [6.45, 7) is 8.63. The van der Waals surface area contributed by atoms with E-state index in [1.165, 1.54) is 10.6 Å². The minimum absolute atomic E-state index is 0.0329. The van der Waals surface area contributed by atoms with Gasteiger partial charge in [0.1, 0.15) is 5.75 Å². The number of likely N-dealkylation sites (N-methyl/N-ethyl adjacent to an activating group) is 1. The molecule has 1 saturated heterocycles. The molecule has 1 spiro atoms. The molecule has 0 N–H and O–H groups in total. The van der Waals surface area contributed by atoms with Gasteiger partial charge in [-0.05, 0) is 61.7 Å². The molecule has 6 nitrogen and oxygen atoms in total. The topological polar surface area (TPSA) is 54.8 Å². The maximum absolute atomic E-state index is 13.1. The summed E-state index contributed by atoms with van der Waals surface area (Å²) >= 11 is 0. The van der Waals surface area contributed by atoms with Crippen molar-refractivity contribution in [3.8, 4) is 5.75 Å². The number of halogens is 3. The SMILES string of the molecule is CN1CCn2c(C(=O)C(F)(F)F)ccc2C12CCN(C(=O)c1ccc(OCC(C)(C)C)cc1)CC2. The maximum atomic E-state index is 13.1. The predicted octanol–water partition coefficient (Wildman–Crippen LogP) is 4.73. The molecule has 2 aromatic rings. The molecule has 1 fully saturated rings. The first-order chi connectivity index (χ1) is 16.3. The van der Waals surface area contributed by atoms with E-state index in [0.717, 1.165) is 0 Å². The highest BCUT2D eigenvalue weighted by molar-refractivity contribution is 5.99. The van der Waals surface area contributed by atoms with E-state index in [1.807, 2.05) is 7.05 Å². The van der Waals surface area contributed by atoms with Crippen molar-refractivity contribution >= 4 is 11.7 Å². The Hall–Kier alpha value is -2.81. The monoisotopic (exact) mass is 491 g/mol. The van der Waals surface area contributed by atoms with Gasteiger partial charge in [-0.2, -0.15) is 13.2 Å². The van der Waals surface area contributed by atoms with E-state index in [-0.39, 0.29) is 17.0 Å². The molecule has 0 saturated carbocycles. The summed E-state index contributed by atoms with van der Waals surface area (Å²) in [4.78, 5) is 29.0. The molecule has 9 heteroatoms. The number of piperidine rings is 1. The molecule has 4 rings (SSSR count). The van der Waals surface area contributed by atoms with E-state index in [4.69, 9.17) is 4.74 Å². The molecule has 35 heavy (non-hydrogen) atoms. The van der Waals surface area contributed by atoms with Crippen LogP contribution in [0.3, 0.4) is 0 Å². The highest BCUT2D eigenvalue weighted by Gasteiger charge is 2.47. The van der Waals surface area contributed by atoms with Crippen molar-refractivity contribution in [2.24, 2.45) is 5.41 Å². The van der Waals surface area contributed by atoms with Crippen LogP contribution in [-0.2, 0) is 12.1 Å². The normalized spacial score (nSPS) is 18.4.